The van der Waals surface area contributed by atoms with E-state index in [1.54, 1.807) is 20.8 Å². The third-order valence-electron chi connectivity index (χ3n) is 2.47. The summed E-state index contributed by atoms with van der Waals surface area (Å²) in [6.07, 6.45) is 3.09. The van der Waals surface area contributed by atoms with Crippen molar-refractivity contribution in [1.82, 2.24) is 0 Å². The average Bonchev–Trinajstić information content (AvgIpc) is 1.95. The van der Waals surface area contributed by atoms with Gasteiger partial charge in [-0.3, -0.25) is 0 Å². The van der Waals surface area contributed by atoms with Gasteiger partial charge in [-0.15, -0.1) is 0 Å². The summed E-state index contributed by atoms with van der Waals surface area (Å²) in [6.45, 7) is 5.41. The standard InChI is InChI=1S/C10H16O3/c1-9(2,3)10(13)6-7(11)4-5-8(10)12/h4-6,8,11-13H,1-3H3. The lowest BCUT2D eigenvalue weighted by atomic mass is 9.71. The minimum absolute atomic E-state index is 0.0114. The summed E-state index contributed by atoms with van der Waals surface area (Å²) in [6, 6.07) is 0. The molecule has 3 N–H and O–H groups in total. The van der Waals surface area contributed by atoms with Crippen molar-refractivity contribution in [3.8, 4) is 0 Å². The van der Waals surface area contributed by atoms with Crippen LogP contribution in [0.3, 0.4) is 0 Å². The van der Waals surface area contributed by atoms with Gasteiger partial charge in [-0.1, -0.05) is 20.8 Å². The van der Waals surface area contributed by atoms with Gasteiger partial charge in [0.15, 0.2) is 0 Å². The zero-order chi connectivity index (χ0) is 10.3. The van der Waals surface area contributed by atoms with Gasteiger partial charge in [-0.2, -0.15) is 0 Å². The topological polar surface area (TPSA) is 60.7 Å². The average molecular weight is 184 g/mol. The first-order valence-electron chi connectivity index (χ1n) is 4.28. The summed E-state index contributed by atoms with van der Waals surface area (Å²) in [5.41, 5.74) is -1.92. The normalized spacial score (nSPS) is 34.5. The van der Waals surface area contributed by atoms with Crippen LogP contribution in [0.2, 0.25) is 0 Å². The van der Waals surface area contributed by atoms with Crippen LogP contribution in [0.15, 0.2) is 24.0 Å². The minimum atomic E-state index is -1.40. The third kappa shape index (κ3) is 1.62. The second-order valence-electron chi connectivity index (χ2n) is 4.45. The van der Waals surface area contributed by atoms with Crippen molar-refractivity contribution in [1.29, 1.82) is 0 Å². The summed E-state index contributed by atoms with van der Waals surface area (Å²) < 4.78 is 0. The number of hydrogen-bond acceptors (Lipinski definition) is 3. The van der Waals surface area contributed by atoms with E-state index in [9.17, 15) is 15.3 Å². The third-order valence-corrected chi connectivity index (χ3v) is 2.47. The Morgan fingerprint density at radius 2 is 1.92 bits per heavy atom. The van der Waals surface area contributed by atoms with Crippen molar-refractivity contribution in [2.24, 2.45) is 5.41 Å². The van der Waals surface area contributed by atoms with E-state index in [4.69, 9.17) is 0 Å². The molecule has 0 aromatic heterocycles. The molecule has 1 rings (SSSR count). The molecule has 2 unspecified atom stereocenters. The van der Waals surface area contributed by atoms with E-state index >= 15 is 0 Å². The fourth-order valence-electron chi connectivity index (χ4n) is 1.36. The monoisotopic (exact) mass is 184 g/mol. The second kappa shape index (κ2) is 2.86. The Hall–Kier alpha value is -0.800. The number of aliphatic hydroxyl groups excluding tert-OH is 2. The predicted octanol–water partition coefficient (Wildman–Crippen LogP) is 1.14. The summed E-state index contributed by atoms with van der Waals surface area (Å²) >= 11 is 0. The summed E-state index contributed by atoms with van der Waals surface area (Å²) in [4.78, 5) is 0. The fourth-order valence-corrected chi connectivity index (χ4v) is 1.36. The number of hydrogen-bond donors (Lipinski definition) is 3. The molecule has 0 saturated heterocycles. The van der Waals surface area contributed by atoms with E-state index < -0.39 is 17.1 Å². The zero-order valence-electron chi connectivity index (χ0n) is 8.15. The van der Waals surface area contributed by atoms with Crippen LogP contribution in [0.4, 0.5) is 0 Å². The van der Waals surface area contributed by atoms with E-state index in [0.717, 1.165) is 0 Å². The number of allylic oxidation sites excluding steroid dienone is 1. The molecule has 13 heavy (non-hydrogen) atoms. The van der Waals surface area contributed by atoms with Crippen molar-refractivity contribution in [3.63, 3.8) is 0 Å². The summed E-state index contributed by atoms with van der Waals surface area (Å²) in [7, 11) is 0. The maximum absolute atomic E-state index is 10.1. The Bertz CT molecular complexity index is 260. The second-order valence-corrected chi connectivity index (χ2v) is 4.45. The highest BCUT2D eigenvalue weighted by Gasteiger charge is 2.45. The van der Waals surface area contributed by atoms with Gasteiger partial charge in [0.25, 0.3) is 0 Å². The van der Waals surface area contributed by atoms with Crippen LogP contribution in [0.5, 0.6) is 0 Å². The van der Waals surface area contributed by atoms with Crippen LogP contribution in [-0.4, -0.2) is 27.0 Å². The van der Waals surface area contributed by atoms with Gasteiger partial charge in [0.1, 0.15) is 17.5 Å². The number of aliphatic hydroxyl groups is 3. The Labute approximate surface area is 78.0 Å². The first-order chi connectivity index (χ1) is 5.77. The van der Waals surface area contributed by atoms with Gasteiger partial charge in [0.05, 0.1) is 0 Å². The molecule has 0 spiro atoms. The quantitative estimate of drug-likeness (QED) is 0.529. The molecule has 0 aromatic rings. The first kappa shape index (κ1) is 10.3. The van der Waals surface area contributed by atoms with Crippen LogP contribution in [-0.2, 0) is 0 Å². The SMILES string of the molecule is CC(C)(C)C1(O)C=C(O)C=CC1O. The Morgan fingerprint density at radius 3 is 2.31 bits per heavy atom. The first-order valence-corrected chi connectivity index (χ1v) is 4.28. The van der Waals surface area contributed by atoms with E-state index in [1.807, 2.05) is 0 Å². The molecule has 0 fully saturated rings. The van der Waals surface area contributed by atoms with Gasteiger partial charge in [-0.05, 0) is 23.6 Å². The van der Waals surface area contributed by atoms with Gasteiger partial charge < -0.3 is 15.3 Å². The lowest BCUT2D eigenvalue weighted by Crippen LogP contribution is -2.51. The van der Waals surface area contributed by atoms with Crippen LogP contribution in [0, 0.1) is 5.41 Å². The molecular weight excluding hydrogens is 168 g/mol. The molecule has 0 heterocycles. The highest BCUT2D eigenvalue weighted by Crippen LogP contribution is 2.37. The highest BCUT2D eigenvalue weighted by atomic mass is 16.3. The van der Waals surface area contributed by atoms with Crippen LogP contribution in [0.1, 0.15) is 20.8 Å². The van der Waals surface area contributed by atoms with Crippen LogP contribution < -0.4 is 0 Å². The minimum Gasteiger partial charge on any atom is -0.508 e. The zero-order valence-corrected chi connectivity index (χ0v) is 8.15. The molecule has 0 bridgehead atoms. The maximum atomic E-state index is 10.1. The molecule has 0 radical (unpaired) electrons. The molecule has 0 aromatic carbocycles. The van der Waals surface area contributed by atoms with Gasteiger partial charge in [-0.25, -0.2) is 0 Å². The van der Waals surface area contributed by atoms with E-state index in [-0.39, 0.29) is 5.76 Å². The van der Waals surface area contributed by atoms with Crippen molar-refractivity contribution < 1.29 is 15.3 Å². The molecule has 74 valence electrons. The van der Waals surface area contributed by atoms with E-state index in [0.29, 0.717) is 0 Å². The van der Waals surface area contributed by atoms with E-state index in [2.05, 4.69) is 0 Å². The van der Waals surface area contributed by atoms with E-state index in [1.165, 1.54) is 18.2 Å². The van der Waals surface area contributed by atoms with Crippen molar-refractivity contribution in [3.05, 3.63) is 24.0 Å². The van der Waals surface area contributed by atoms with Crippen molar-refractivity contribution >= 4 is 0 Å². The van der Waals surface area contributed by atoms with Crippen molar-refractivity contribution in [2.45, 2.75) is 32.5 Å². The van der Waals surface area contributed by atoms with Gasteiger partial charge in [0, 0.05) is 0 Å². The summed E-state index contributed by atoms with van der Waals surface area (Å²) in [5.74, 6) is -0.0114. The van der Waals surface area contributed by atoms with Crippen LogP contribution >= 0.6 is 0 Å². The largest absolute Gasteiger partial charge is 0.508 e. The maximum Gasteiger partial charge on any atom is 0.121 e. The lowest BCUT2D eigenvalue weighted by Gasteiger charge is -2.41. The Kier molecular flexibility index (Phi) is 2.26. The molecule has 3 heteroatoms. The molecule has 0 aliphatic heterocycles. The molecule has 1 aliphatic rings. The van der Waals surface area contributed by atoms with Gasteiger partial charge in [0.2, 0.25) is 0 Å². The molecule has 2 atom stereocenters. The molecule has 0 amide bonds. The predicted molar refractivity (Wildman–Crippen MR) is 50.3 cm³/mol. The molecule has 3 nitrogen and oxygen atoms in total. The Morgan fingerprint density at radius 1 is 1.38 bits per heavy atom. The molecule has 0 saturated carbocycles. The molecule has 1 aliphatic carbocycles. The fraction of sp³-hybridized carbons (Fsp3) is 0.600. The Balaban J connectivity index is 3.09. The molecular formula is C10H16O3. The summed E-state index contributed by atoms with van der Waals surface area (Å²) in [5, 5.41) is 28.9. The van der Waals surface area contributed by atoms with Crippen molar-refractivity contribution in [2.75, 3.05) is 0 Å². The number of rotatable bonds is 0. The smallest absolute Gasteiger partial charge is 0.121 e. The van der Waals surface area contributed by atoms with Crippen LogP contribution in [0.25, 0.3) is 0 Å². The lowest BCUT2D eigenvalue weighted by molar-refractivity contribution is -0.0902. The highest BCUT2D eigenvalue weighted by molar-refractivity contribution is 5.29. The van der Waals surface area contributed by atoms with Gasteiger partial charge >= 0.3 is 0 Å².